The van der Waals surface area contributed by atoms with Crippen LogP contribution in [0.2, 0.25) is 0 Å². The quantitative estimate of drug-likeness (QED) is 0.578. The third-order valence-corrected chi connectivity index (χ3v) is 6.14. The number of hydrogen-bond acceptors (Lipinski definition) is 6. The molecule has 2 fully saturated rings. The first-order valence-electron chi connectivity index (χ1n) is 11.3. The third-order valence-electron chi connectivity index (χ3n) is 6.14. The van der Waals surface area contributed by atoms with Crippen molar-refractivity contribution in [1.29, 1.82) is 0 Å². The van der Waals surface area contributed by atoms with Gasteiger partial charge in [0.15, 0.2) is 0 Å². The van der Waals surface area contributed by atoms with Gasteiger partial charge < -0.3 is 23.8 Å². The highest BCUT2D eigenvalue weighted by Gasteiger charge is 2.32. The van der Waals surface area contributed by atoms with Crippen molar-refractivity contribution < 1.29 is 23.7 Å². The van der Waals surface area contributed by atoms with E-state index >= 15 is 0 Å². The molecule has 1 amide bonds. The lowest BCUT2D eigenvalue weighted by Gasteiger charge is -2.32. The zero-order chi connectivity index (χ0) is 22.3. The number of nitrogens with zero attached hydrogens (tertiary/aromatic N) is 2. The van der Waals surface area contributed by atoms with Crippen molar-refractivity contribution in [3.63, 3.8) is 0 Å². The normalized spacial score (nSPS) is 19.6. The van der Waals surface area contributed by atoms with E-state index in [2.05, 4.69) is 4.90 Å². The first kappa shape index (κ1) is 22.3. The minimum absolute atomic E-state index is 0.0569. The van der Waals surface area contributed by atoms with Crippen LogP contribution in [-0.4, -0.2) is 63.6 Å². The molecule has 2 saturated heterocycles. The molecule has 32 heavy (non-hydrogen) atoms. The third kappa shape index (κ3) is 5.65. The maximum absolute atomic E-state index is 12.3. The standard InChI is InChI=1S/C25H32N2O5/c1-29-20-10-8-19(9-11-20)27-18-24(32-25(27)28)7-4-14-26-15-12-21(13-16-26)31-23-6-3-5-22(17-23)30-2/h3,5-6,8-11,17,21,24H,4,7,12-16,18H2,1-2H3. The minimum Gasteiger partial charge on any atom is -0.497 e. The average molecular weight is 441 g/mol. The van der Waals surface area contributed by atoms with Crippen LogP contribution >= 0.6 is 0 Å². The van der Waals surface area contributed by atoms with Gasteiger partial charge in [-0.15, -0.1) is 0 Å². The molecule has 2 heterocycles. The number of amides is 1. The van der Waals surface area contributed by atoms with Crippen LogP contribution in [0.25, 0.3) is 0 Å². The highest BCUT2D eigenvalue weighted by atomic mass is 16.6. The number of methoxy groups -OCH3 is 2. The Morgan fingerprint density at radius 3 is 2.41 bits per heavy atom. The van der Waals surface area contributed by atoms with Gasteiger partial charge in [0.25, 0.3) is 0 Å². The molecule has 1 atom stereocenters. The van der Waals surface area contributed by atoms with Gasteiger partial charge in [-0.2, -0.15) is 0 Å². The van der Waals surface area contributed by atoms with Crippen molar-refractivity contribution >= 4 is 11.8 Å². The molecule has 2 aliphatic rings. The molecular formula is C25H32N2O5. The van der Waals surface area contributed by atoms with Gasteiger partial charge in [-0.1, -0.05) is 6.07 Å². The van der Waals surface area contributed by atoms with E-state index in [1.807, 2.05) is 48.5 Å². The molecule has 0 radical (unpaired) electrons. The summed E-state index contributed by atoms with van der Waals surface area (Å²) in [5.74, 6) is 2.46. The van der Waals surface area contributed by atoms with E-state index in [1.165, 1.54) is 0 Å². The fourth-order valence-electron chi connectivity index (χ4n) is 4.31. The van der Waals surface area contributed by atoms with Crippen LogP contribution in [-0.2, 0) is 4.74 Å². The summed E-state index contributed by atoms with van der Waals surface area (Å²) < 4.78 is 22.2. The lowest BCUT2D eigenvalue weighted by Crippen LogP contribution is -2.39. The van der Waals surface area contributed by atoms with Gasteiger partial charge in [-0.3, -0.25) is 4.90 Å². The molecule has 7 heteroatoms. The zero-order valence-electron chi connectivity index (χ0n) is 18.9. The summed E-state index contributed by atoms with van der Waals surface area (Å²) in [5, 5.41) is 0. The molecule has 1 unspecified atom stereocenters. The average Bonchev–Trinajstić information content (AvgIpc) is 3.20. The van der Waals surface area contributed by atoms with Crippen molar-refractivity contribution in [2.45, 2.75) is 37.9 Å². The number of rotatable bonds is 9. The minimum atomic E-state index is -0.268. The van der Waals surface area contributed by atoms with Crippen molar-refractivity contribution in [3.8, 4) is 17.2 Å². The maximum Gasteiger partial charge on any atom is 0.414 e. The topological polar surface area (TPSA) is 60.5 Å². The molecule has 0 aliphatic carbocycles. The summed E-state index contributed by atoms with van der Waals surface area (Å²) >= 11 is 0. The second-order valence-corrected chi connectivity index (χ2v) is 8.29. The molecule has 0 aromatic heterocycles. The zero-order valence-corrected chi connectivity index (χ0v) is 18.9. The van der Waals surface area contributed by atoms with Gasteiger partial charge in [-0.05, 0) is 68.6 Å². The van der Waals surface area contributed by atoms with Crippen LogP contribution in [0.3, 0.4) is 0 Å². The molecule has 4 rings (SSSR count). The van der Waals surface area contributed by atoms with Crippen molar-refractivity contribution in [2.75, 3.05) is 45.3 Å². The van der Waals surface area contributed by atoms with Crippen molar-refractivity contribution in [3.05, 3.63) is 48.5 Å². The summed E-state index contributed by atoms with van der Waals surface area (Å²) in [6, 6.07) is 15.3. The molecule has 2 aromatic rings. The van der Waals surface area contributed by atoms with Gasteiger partial charge in [0.1, 0.15) is 29.5 Å². The number of piperidine rings is 1. The second-order valence-electron chi connectivity index (χ2n) is 8.29. The number of carbonyl (C=O) groups excluding carboxylic acids is 1. The number of hydrogen-bond donors (Lipinski definition) is 0. The fourth-order valence-corrected chi connectivity index (χ4v) is 4.31. The number of ether oxygens (including phenoxy) is 4. The van der Waals surface area contributed by atoms with E-state index in [0.717, 1.165) is 68.3 Å². The van der Waals surface area contributed by atoms with Crippen LogP contribution in [0.15, 0.2) is 48.5 Å². The van der Waals surface area contributed by atoms with Gasteiger partial charge >= 0.3 is 6.09 Å². The Balaban J connectivity index is 1.16. The molecule has 2 aromatic carbocycles. The Bertz CT molecular complexity index is 880. The van der Waals surface area contributed by atoms with E-state index < -0.39 is 0 Å². The molecule has 0 bridgehead atoms. The molecule has 7 nitrogen and oxygen atoms in total. The molecule has 0 spiro atoms. The van der Waals surface area contributed by atoms with Crippen LogP contribution < -0.4 is 19.1 Å². The highest BCUT2D eigenvalue weighted by molar-refractivity contribution is 5.89. The molecule has 0 N–H and O–H groups in total. The number of anilines is 1. The van der Waals surface area contributed by atoms with E-state index in [-0.39, 0.29) is 18.3 Å². The summed E-state index contributed by atoms with van der Waals surface area (Å²) in [4.78, 5) is 16.4. The van der Waals surface area contributed by atoms with Crippen LogP contribution in [0.1, 0.15) is 25.7 Å². The summed E-state index contributed by atoms with van der Waals surface area (Å²) in [6.07, 6.45) is 3.83. The number of carbonyl (C=O) groups is 1. The lowest BCUT2D eigenvalue weighted by atomic mass is 10.1. The summed E-state index contributed by atoms with van der Waals surface area (Å²) in [5.41, 5.74) is 0.844. The first-order valence-corrected chi connectivity index (χ1v) is 11.3. The Hall–Kier alpha value is -2.93. The predicted octanol–water partition coefficient (Wildman–Crippen LogP) is 4.35. The fraction of sp³-hybridized carbons (Fsp3) is 0.480. The largest absolute Gasteiger partial charge is 0.497 e. The number of cyclic esters (lactones) is 1. The van der Waals surface area contributed by atoms with Gasteiger partial charge in [0.2, 0.25) is 0 Å². The SMILES string of the molecule is COc1ccc(N2CC(CCCN3CCC(Oc4cccc(OC)c4)CC3)OC2=O)cc1. The number of likely N-dealkylation sites (tertiary alicyclic amines) is 1. The number of benzene rings is 2. The monoisotopic (exact) mass is 440 g/mol. The lowest BCUT2D eigenvalue weighted by molar-refractivity contribution is 0.0943. The molecular weight excluding hydrogens is 408 g/mol. The van der Waals surface area contributed by atoms with Crippen LogP contribution in [0.5, 0.6) is 17.2 Å². The highest BCUT2D eigenvalue weighted by Crippen LogP contribution is 2.26. The van der Waals surface area contributed by atoms with Crippen LogP contribution in [0, 0.1) is 0 Å². The Morgan fingerprint density at radius 2 is 1.69 bits per heavy atom. The van der Waals surface area contributed by atoms with E-state index in [4.69, 9.17) is 18.9 Å². The summed E-state index contributed by atoms with van der Waals surface area (Å²) in [6.45, 7) is 3.66. The Morgan fingerprint density at radius 1 is 0.969 bits per heavy atom. The first-order chi connectivity index (χ1) is 15.6. The van der Waals surface area contributed by atoms with Gasteiger partial charge in [-0.25, -0.2) is 4.79 Å². The van der Waals surface area contributed by atoms with E-state index in [0.29, 0.717) is 6.54 Å². The van der Waals surface area contributed by atoms with Gasteiger partial charge in [0, 0.05) is 24.8 Å². The maximum atomic E-state index is 12.3. The molecule has 0 saturated carbocycles. The molecule has 172 valence electrons. The second kappa shape index (κ2) is 10.6. The van der Waals surface area contributed by atoms with Gasteiger partial charge in [0.05, 0.1) is 20.8 Å². The van der Waals surface area contributed by atoms with E-state index in [1.54, 1.807) is 19.1 Å². The summed E-state index contributed by atoms with van der Waals surface area (Å²) in [7, 11) is 3.30. The predicted molar refractivity (Wildman–Crippen MR) is 123 cm³/mol. The Kier molecular flexibility index (Phi) is 7.37. The Labute approximate surface area is 189 Å². The smallest absolute Gasteiger partial charge is 0.414 e. The van der Waals surface area contributed by atoms with Crippen molar-refractivity contribution in [2.24, 2.45) is 0 Å². The van der Waals surface area contributed by atoms with Crippen molar-refractivity contribution in [1.82, 2.24) is 4.90 Å². The van der Waals surface area contributed by atoms with Crippen LogP contribution in [0.4, 0.5) is 10.5 Å². The molecule has 2 aliphatic heterocycles. The van der Waals surface area contributed by atoms with E-state index in [9.17, 15) is 4.79 Å².